The lowest BCUT2D eigenvalue weighted by Gasteiger charge is -2.20. The molecule has 0 aliphatic rings. The topological polar surface area (TPSA) is 56.7 Å². The summed E-state index contributed by atoms with van der Waals surface area (Å²) in [6.45, 7) is 0. The van der Waals surface area contributed by atoms with Crippen LogP contribution in [0.5, 0.6) is 0 Å². The first-order valence-electron chi connectivity index (χ1n) is 17.7. The number of benzene rings is 7. The molecule has 0 N–H and O–H groups in total. The number of aromatic nitrogens is 4. The van der Waals surface area contributed by atoms with Gasteiger partial charge in [-0.05, 0) is 41.5 Å². The maximum atomic E-state index is 6.79. The molecule has 10 rings (SSSR count). The van der Waals surface area contributed by atoms with Gasteiger partial charge < -0.3 is 8.98 Å². The Kier molecular flexibility index (Phi) is 7.70. The second-order valence-electron chi connectivity index (χ2n) is 13.5. The van der Waals surface area contributed by atoms with Crippen LogP contribution in [0.3, 0.4) is 0 Å². The first kappa shape index (κ1) is 33.1. The van der Waals surface area contributed by atoms with Crippen molar-refractivity contribution in [2.75, 3.05) is 0 Å². The first-order valence-corrected chi connectivity index (χ1v) is 17.7. The van der Waals surface area contributed by atoms with E-state index in [4.69, 9.17) is 58.6 Å². The van der Waals surface area contributed by atoms with Gasteiger partial charge in [0.2, 0.25) is 0 Å². The van der Waals surface area contributed by atoms with Crippen LogP contribution in [0.4, 0.5) is 0 Å². The lowest BCUT2D eigenvalue weighted by Crippen LogP contribution is -2.55. The van der Waals surface area contributed by atoms with Gasteiger partial charge in [-0.15, -0.1) is 16.4 Å². The van der Waals surface area contributed by atoms with Crippen molar-refractivity contribution >= 4 is 110 Å². The van der Waals surface area contributed by atoms with Crippen molar-refractivity contribution in [2.24, 2.45) is 0 Å². The quantitative estimate of drug-likeness (QED) is 0.224. The third-order valence-corrected chi connectivity index (χ3v) is 10.4. The second-order valence-corrected chi connectivity index (χ2v) is 13.5. The van der Waals surface area contributed by atoms with E-state index in [9.17, 15) is 0 Å². The monoisotopic (exact) mass is 690 g/mol. The molecule has 0 fully saturated rings. The molecule has 55 heavy (non-hydrogen) atoms. The van der Waals surface area contributed by atoms with E-state index in [1.165, 1.54) is 5.56 Å². The number of hydrogen-bond donors (Lipinski definition) is 0. The standard InChI is InChI=1S/C45H23B5N4O/c46-37-36(38(47)40(49)41(50)39(37)48)45-52-43(25-13-5-2-6-14-25)51-44(53-45)29-17-10-20-34-35(29)28-16-9-19-33(42(28)55-34)54-31-18-8-7-15-27(31)30-23-26(21-22-32(30)54)24-11-3-1-4-12-24/h1-23H. The Morgan fingerprint density at radius 3 is 1.80 bits per heavy atom. The van der Waals surface area contributed by atoms with Crippen LogP contribution < -0.4 is 27.3 Å². The summed E-state index contributed by atoms with van der Waals surface area (Å²) in [5.74, 6) is 1.02. The Bertz CT molecular complexity index is 3130. The molecule has 0 saturated heterocycles. The summed E-state index contributed by atoms with van der Waals surface area (Å²) in [6.07, 6.45) is 0. The molecule has 0 amide bonds. The van der Waals surface area contributed by atoms with Gasteiger partial charge in [-0.25, -0.2) is 15.0 Å². The van der Waals surface area contributed by atoms with E-state index < -0.39 is 0 Å². The Labute approximate surface area is 323 Å². The lowest BCUT2D eigenvalue weighted by atomic mass is 9.60. The average molecular weight is 690 g/mol. The molecule has 5 nitrogen and oxygen atoms in total. The van der Waals surface area contributed by atoms with Crippen molar-refractivity contribution < 1.29 is 4.42 Å². The first-order chi connectivity index (χ1) is 26.9. The third-order valence-electron chi connectivity index (χ3n) is 10.4. The fraction of sp³-hybridized carbons (Fsp3) is 0. The summed E-state index contributed by atoms with van der Waals surface area (Å²) < 4.78 is 9.07. The van der Waals surface area contributed by atoms with Crippen molar-refractivity contribution in [2.45, 2.75) is 0 Å². The van der Waals surface area contributed by atoms with E-state index in [-0.39, 0.29) is 33.1 Å². The number of nitrogens with zero attached hydrogens (tertiary/aromatic N) is 4. The highest BCUT2D eigenvalue weighted by Crippen LogP contribution is 2.41. The highest BCUT2D eigenvalue weighted by atomic mass is 16.3. The fourth-order valence-corrected chi connectivity index (χ4v) is 7.65. The van der Waals surface area contributed by atoms with Gasteiger partial charge in [-0.1, -0.05) is 120 Å². The van der Waals surface area contributed by atoms with Gasteiger partial charge in [0.25, 0.3) is 0 Å². The summed E-state index contributed by atoms with van der Waals surface area (Å²) in [7, 11) is 31.8. The maximum absolute atomic E-state index is 6.79. The van der Waals surface area contributed by atoms with Crippen LogP contribution in [0.25, 0.3) is 94.7 Å². The molecule has 0 aliphatic heterocycles. The maximum Gasteiger partial charge on any atom is 0.164 e. The van der Waals surface area contributed by atoms with Crippen LogP contribution in [-0.4, -0.2) is 58.8 Å². The molecule has 10 heteroatoms. The van der Waals surface area contributed by atoms with E-state index in [0.29, 0.717) is 22.8 Å². The molecule has 0 bridgehead atoms. The lowest BCUT2D eigenvalue weighted by molar-refractivity contribution is 0.666. The average Bonchev–Trinajstić information content (AvgIpc) is 3.79. The van der Waals surface area contributed by atoms with Gasteiger partial charge in [0.1, 0.15) is 44.8 Å². The Hall–Kier alpha value is -6.53. The van der Waals surface area contributed by atoms with Gasteiger partial charge in [0, 0.05) is 38.2 Å². The van der Waals surface area contributed by atoms with Crippen LogP contribution in [0, 0.1) is 0 Å². The minimum Gasteiger partial charge on any atom is -0.454 e. The predicted molar refractivity (Wildman–Crippen MR) is 230 cm³/mol. The van der Waals surface area contributed by atoms with Crippen LogP contribution in [0.1, 0.15) is 0 Å². The minimum absolute atomic E-state index is 0.113. The zero-order chi connectivity index (χ0) is 37.4. The molecule has 10 aromatic rings. The number of rotatable bonds is 5. The molecule has 0 saturated carbocycles. The number of hydrogen-bond acceptors (Lipinski definition) is 4. The largest absolute Gasteiger partial charge is 0.454 e. The molecular formula is C45H23B5N4O. The summed E-state index contributed by atoms with van der Waals surface area (Å²) in [5.41, 5.74) is 9.19. The van der Waals surface area contributed by atoms with Crippen LogP contribution in [0.2, 0.25) is 0 Å². The van der Waals surface area contributed by atoms with E-state index in [2.05, 4.69) is 89.5 Å². The van der Waals surface area contributed by atoms with Crippen molar-refractivity contribution in [1.82, 2.24) is 19.5 Å². The molecular weight excluding hydrogens is 667 g/mol. The molecule has 0 spiro atoms. The number of para-hydroxylation sites is 2. The molecule has 244 valence electrons. The zero-order valence-corrected chi connectivity index (χ0v) is 29.4. The van der Waals surface area contributed by atoms with Crippen molar-refractivity contribution in [3.8, 4) is 51.0 Å². The highest BCUT2D eigenvalue weighted by Gasteiger charge is 2.23. The van der Waals surface area contributed by atoms with Gasteiger partial charge >= 0.3 is 0 Å². The highest BCUT2D eigenvalue weighted by molar-refractivity contribution is 6.68. The van der Waals surface area contributed by atoms with E-state index in [0.717, 1.165) is 60.5 Å². The van der Waals surface area contributed by atoms with Crippen LogP contribution in [-0.2, 0) is 0 Å². The van der Waals surface area contributed by atoms with E-state index in [1.54, 1.807) is 0 Å². The zero-order valence-electron chi connectivity index (χ0n) is 29.4. The predicted octanol–water partition coefficient (Wildman–Crippen LogP) is 5.51. The number of furan rings is 1. The van der Waals surface area contributed by atoms with E-state index in [1.807, 2.05) is 54.6 Å². The van der Waals surface area contributed by atoms with Crippen molar-refractivity contribution in [1.29, 1.82) is 0 Å². The smallest absolute Gasteiger partial charge is 0.164 e. The molecule has 3 aromatic heterocycles. The van der Waals surface area contributed by atoms with Crippen molar-refractivity contribution in [3.05, 3.63) is 140 Å². The Morgan fingerprint density at radius 2 is 1.04 bits per heavy atom. The summed E-state index contributed by atoms with van der Waals surface area (Å²) >= 11 is 0. The van der Waals surface area contributed by atoms with Crippen molar-refractivity contribution in [3.63, 3.8) is 0 Å². The van der Waals surface area contributed by atoms with Gasteiger partial charge in [0.05, 0.1) is 16.7 Å². The molecule has 7 aromatic carbocycles. The number of fused-ring (bicyclic) bond motifs is 6. The molecule has 0 unspecified atom stereocenters. The SMILES string of the molecule is [B]c1c([B])c([B])c(-c2nc(-c3ccccc3)nc(-c3cccc4oc5c(-n6c7ccccc7c7cc(-c8ccccc8)ccc76)cccc5c34)n2)c([B])c1[B]. The third kappa shape index (κ3) is 5.19. The molecule has 10 radical (unpaired) electrons. The summed E-state index contributed by atoms with van der Waals surface area (Å²) in [4.78, 5) is 14.8. The normalized spacial score (nSPS) is 11.6. The molecule has 0 atom stereocenters. The van der Waals surface area contributed by atoms with Crippen LogP contribution in [0.15, 0.2) is 144 Å². The Morgan fingerprint density at radius 1 is 0.436 bits per heavy atom. The second kappa shape index (κ2) is 12.8. The molecule has 3 heterocycles. The summed E-state index contributed by atoms with van der Waals surface area (Å²) in [5, 5.41) is 4.05. The van der Waals surface area contributed by atoms with E-state index >= 15 is 0 Å². The van der Waals surface area contributed by atoms with Gasteiger partial charge in [-0.2, -0.15) is 0 Å². The fourth-order valence-electron chi connectivity index (χ4n) is 7.65. The molecule has 0 aliphatic carbocycles. The Balaban J connectivity index is 1.22. The van der Waals surface area contributed by atoms with Crippen LogP contribution >= 0.6 is 0 Å². The van der Waals surface area contributed by atoms with Gasteiger partial charge in [-0.3, -0.25) is 0 Å². The minimum atomic E-state index is 0.113. The van der Waals surface area contributed by atoms with Gasteiger partial charge in [0.15, 0.2) is 23.1 Å². The summed E-state index contributed by atoms with van der Waals surface area (Å²) in [6, 6.07) is 47.2.